The zero-order valence-electron chi connectivity index (χ0n) is 21.5. The number of amides is 2. The van der Waals surface area contributed by atoms with Gasteiger partial charge in [-0.25, -0.2) is 8.42 Å². The number of aryl methyl sites for hydroxylation is 1. The minimum Gasteiger partial charge on any atom is -0.354 e. The third-order valence-corrected chi connectivity index (χ3v) is 8.29. The molecule has 1 atom stereocenters. The molecular weight excluding hydrogens is 545 g/mol. The van der Waals surface area contributed by atoms with Crippen LogP contribution in [-0.2, 0) is 26.2 Å². The molecule has 2 amide bonds. The minimum atomic E-state index is -4.15. The van der Waals surface area contributed by atoms with Crippen molar-refractivity contribution in [3.05, 3.63) is 94.0 Å². The third-order valence-electron chi connectivity index (χ3n) is 6.03. The van der Waals surface area contributed by atoms with E-state index in [4.69, 9.17) is 23.2 Å². The quantitative estimate of drug-likeness (QED) is 0.330. The Balaban J connectivity index is 2.04. The van der Waals surface area contributed by atoms with Gasteiger partial charge >= 0.3 is 0 Å². The van der Waals surface area contributed by atoms with Gasteiger partial charge in [0, 0.05) is 23.1 Å². The monoisotopic (exact) mass is 575 g/mol. The van der Waals surface area contributed by atoms with Gasteiger partial charge in [-0.3, -0.25) is 13.9 Å². The van der Waals surface area contributed by atoms with Gasteiger partial charge < -0.3 is 10.2 Å². The maximum Gasteiger partial charge on any atom is 0.264 e. The summed E-state index contributed by atoms with van der Waals surface area (Å²) in [6, 6.07) is 18.8. The fraction of sp³-hybridized carbons (Fsp3) is 0.286. The van der Waals surface area contributed by atoms with E-state index in [1.165, 1.54) is 23.1 Å². The molecule has 7 nitrogen and oxygen atoms in total. The van der Waals surface area contributed by atoms with E-state index in [2.05, 4.69) is 5.32 Å². The van der Waals surface area contributed by atoms with Crippen molar-refractivity contribution >= 4 is 50.7 Å². The first-order valence-corrected chi connectivity index (χ1v) is 14.4. The number of halogens is 2. The second kappa shape index (κ2) is 13.1. The molecule has 0 aliphatic carbocycles. The molecule has 0 aromatic heterocycles. The van der Waals surface area contributed by atoms with Crippen LogP contribution in [0.3, 0.4) is 0 Å². The average Bonchev–Trinajstić information content (AvgIpc) is 2.91. The van der Waals surface area contributed by atoms with E-state index >= 15 is 0 Å². The van der Waals surface area contributed by atoms with Gasteiger partial charge in [0.1, 0.15) is 12.6 Å². The Kier molecular flexibility index (Phi) is 10.2. The van der Waals surface area contributed by atoms with E-state index < -0.39 is 28.5 Å². The predicted molar refractivity (Wildman–Crippen MR) is 152 cm³/mol. The second-order valence-electron chi connectivity index (χ2n) is 8.87. The zero-order chi connectivity index (χ0) is 27.9. The molecule has 1 N–H and O–H groups in total. The summed E-state index contributed by atoms with van der Waals surface area (Å²) in [6.45, 7) is 5.32. The Morgan fingerprint density at radius 3 is 2.21 bits per heavy atom. The van der Waals surface area contributed by atoms with Crippen molar-refractivity contribution in [2.45, 2.75) is 44.7 Å². The van der Waals surface area contributed by atoms with Gasteiger partial charge in [0.15, 0.2) is 0 Å². The van der Waals surface area contributed by atoms with E-state index in [0.717, 1.165) is 16.3 Å². The zero-order valence-corrected chi connectivity index (χ0v) is 23.9. The first-order valence-electron chi connectivity index (χ1n) is 12.2. The number of carbonyl (C=O) groups excluding carboxylic acids is 2. The summed E-state index contributed by atoms with van der Waals surface area (Å²) >= 11 is 12.3. The third kappa shape index (κ3) is 7.28. The highest BCUT2D eigenvalue weighted by atomic mass is 35.5. The Labute approximate surface area is 234 Å². The molecule has 0 bridgehead atoms. The summed E-state index contributed by atoms with van der Waals surface area (Å²) in [4.78, 5) is 28.2. The molecule has 10 heteroatoms. The van der Waals surface area contributed by atoms with Crippen LogP contribution in [0.15, 0.2) is 77.7 Å². The number of nitrogens with zero attached hydrogens (tertiary/aromatic N) is 2. The summed E-state index contributed by atoms with van der Waals surface area (Å²) < 4.78 is 28.7. The van der Waals surface area contributed by atoms with Gasteiger partial charge in [-0.15, -0.1) is 0 Å². The number of benzene rings is 3. The smallest absolute Gasteiger partial charge is 0.264 e. The van der Waals surface area contributed by atoms with Gasteiger partial charge in [0.05, 0.1) is 10.6 Å². The molecule has 3 aromatic carbocycles. The Morgan fingerprint density at radius 2 is 1.58 bits per heavy atom. The van der Waals surface area contributed by atoms with Crippen molar-refractivity contribution in [2.24, 2.45) is 0 Å². The van der Waals surface area contributed by atoms with Crippen molar-refractivity contribution in [3.63, 3.8) is 0 Å². The summed E-state index contributed by atoms with van der Waals surface area (Å²) in [6.07, 6.45) is 0.737. The van der Waals surface area contributed by atoms with E-state index in [1.807, 2.05) is 6.92 Å². The molecule has 202 valence electrons. The van der Waals surface area contributed by atoms with Crippen LogP contribution in [-0.4, -0.2) is 44.3 Å². The second-order valence-corrected chi connectivity index (χ2v) is 11.6. The van der Waals surface area contributed by atoms with E-state index in [0.29, 0.717) is 22.2 Å². The fourth-order valence-electron chi connectivity index (χ4n) is 3.85. The van der Waals surface area contributed by atoms with Crippen LogP contribution < -0.4 is 9.62 Å². The van der Waals surface area contributed by atoms with Crippen LogP contribution in [0.4, 0.5) is 5.69 Å². The SMILES string of the molecule is CCCNC(=O)[C@H](C)N(Cc1ccc(Cl)cc1)C(=O)CN(c1cc(Cl)ccc1C)S(=O)(=O)c1ccccc1. The molecule has 0 aliphatic rings. The first kappa shape index (κ1) is 29.5. The molecule has 0 fully saturated rings. The van der Waals surface area contributed by atoms with Gasteiger partial charge in [-0.1, -0.05) is 66.5 Å². The normalized spacial score (nSPS) is 12.0. The summed E-state index contributed by atoms with van der Waals surface area (Å²) in [5, 5.41) is 3.69. The number of nitrogens with one attached hydrogen (secondary N) is 1. The number of sulfonamides is 1. The maximum atomic E-state index is 13.9. The molecule has 0 saturated heterocycles. The van der Waals surface area contributed by atoms with Crippen LogP contribution in [0.5, 0.6) is 0 Å². The molecule has 3 aromatic rings. The van der Waals surface area contributed by atoms with Crippen LogP contribution in [0.2, 0.25) is 10.0 Å². The summed E-state index contributed by atoms with van der Waals surface area (Å²) in [5.41, 5.74) is 1.65. The Bertz CT molecular complexity index is 1370. The topological polar surface area (TPSA) is 86.8 Å². The highest BCUT2D eigenvalue weighted by Crippen LogP contribution is 2.30. The molecule has 38 heavy (non-hydrogen) atoms. The lowest BCUT2D eigenvalue weighted by Gasteiger charge is -2.32. The van der Waals surface area contributed by atoms with E-state index in [1.54, 1.807) is 68.4 Å². The van der Waals surface area contributed by atoms with Crippen LogP contribution >= 0.6 is 23.2 Å². The highest BCUT2D eigenvalue weighted by Gasteiger charge is 2.33. The number of hydrogen-bond acceptors (Lipinski definition) is 4. The van der Waals surface area contributed by atoms with Gasteiger partial charge in [0.2, 0.25) is 11.8 Å². The Hall–Kier alpha value is -3.07. The molecule has 3 rings (SSSR count). The maximum absolute atomic E-state index is 13.9. The van der Waals surface area contributed by atoms with Gasteiger partial charge in [0.25, 0.3) is 10.0 Å². The number of rotatable bonds is 11. The largest absolute Gasteiger partial charge is 0.354 e. The summed E-state index contributed by atoms with van der Waals surface area (Å²) in [5.74, 6) is -0.872. The van der Waals surface area contributed by atoms with E-state index in [9.17, 15) is 18.0 Å². The molecule has 0 heterocycles. The summed E-state index contributed by atoms with van der Waals surface area (Å²) in [7, 11) is -4.15. The number of carbonyl (C=O) groups is 2. The first-order chi connectivity index (χ1) is 18.0. The minimum absolute atomic E-state index is 0.0326. The standard InChI is InChI=1S/C28H31Cl2N3O4S/c1-4-16-31-28(35)21(3)32(18-22-11-14-23(29)15-12-22)27(34)19-33(26-17-24(30)13-10-20(26)2)38(36,37)25-8-6-5-7-9-25/h5-15,17,21H,4,16,18-19H2,1-3H3,(H,31,35)/t21-/m0/s1. The van der Waals surface area contributed by atoms with Crippen molar-refractivity contribution in [3.8, 4) is 0 Å². The van der Waals surface area contributed by atoms with Crippen molar-refractivity contribution in [1.82, 2.24) is 10.2 Å². The molecule has 0 spiro atoms. The lowest BCUT2D eigenvalue weighted by molar-refractivity contribution is -0.139. The molecule has 0 aliphatic heterocycles. The fourth-order valence-corrected chi connectivity index (χ4v) is 5.63. The lowest BCUT2D eigenvalue weighted by atomic mass is 10.1. The van der Waals surface area contributed by atoms with Crippen LogP contribution in [0.1, 0.15) is 31.4 Å². The molecular formula is C28H31Cl2N3O4S. The van der Waals surface area contributed by atoms with E-state index in [-0.39, 0.29) is 23.0 Å². The number of anilines is 1. The molecule has 0 saturated carbocycles. The highest BCUT2D eigenvalue weighted by molar-refractivity contribution is 7.92. The van der Waals surface area contributed by atoms with Gasteiger partial charge in [-0.05, 0) is 67.8 Å². The lowest BCUT2D eigenvalue weighted by Crippen LogP contribution is -2.51. The van der Waals surface area contributed by atoms with Crippen molar-refractivity contribution < 1.29 is 18.0 Å². The Morgan fingerprint density at radius 1 is 0.947 bits per heavy atom. The van der Waals surface area contributed by atoms with Crippen molar-refractivity contribution in [1.29, 1.82) is 0 Å². The molecule has 0 radical (unpaired) electrons. The average molecular weight is 577 g/mol. The van der Waals surface area contributed by atoms with Gasteiger partial charge in [-0.2, -0.15) is 0 Å². The number of hydrogen-bond donors (Lipinski definition) is 1. The van der Waals surface area contributed by atoms with Crippen LogP contribution in [0, 0.1) is 6.92 Å². The van der Waals surface area contributed by atoms with Crippen molar-refractivity contribution in [2.75, 3.05) is 17.4 Å². The molecule has 0 unspecified atom stereocenters. The van der Waals surface area contributed by atoms with Crippen LogP contribution in [0.25, 0.3) is 0 Å². The predicted octanol–water partition coefficient (Wildman–Crippen LogP) is 5.44.